The van der Waals surface area contributed by atoms with Gasteiger partial charge in [-0.2, -0.15) is 4.98 Å². The molecule has 0 bridgehead atoms. The number of nitrogens with one attached hydrogen (secondary N) is 1. The Balaban J connectivity index is 1.66. The molecule has 2 amide bonds. The zero-order valence-electron chi connectivity index (χ0n) is 19.9. The predicted molar refractivity (Wildman–Crippen MR) is 128 cm³/mol. The molecule has 0 atom stereocenters. The largest absolute Gasteiger partial charge is 0.497 e. The van der Waals surface area contributed by atoms with E-state index < -0.39 is 5.91 Å². The second kappa shape index (κ2) is 13.1. The van der Waals surface area contributed by atoms with Crippen LogP contribution in [0.1, 0.15) is 44.4 Å². The Morgan fingerprint density at radius 3 is 2.11 bits per heavy atom. The molecule has 0 spiro atoms. The lowest BCUT2D eigenvalue weighted by atomic mass is 10.1. The van der Waals surface area contributed by atoms with Crippen molar-refractivity contribution in [3.05, 3.63) is 54.4 Å². The lowest BCUT2D eigenvalue weighted by Gasteiger charge is -2.21. The van der Waals surface area contributed by atoms with Crippen LogP contribution in [-0.4, -0.2) is 41.4 Å². The molecule has 1 aromatic heterocycles. The Kier molecular flexibility index (Phi) is 9.61. The van der Waals surface area contributed by atoms with Gasteiger partial charge < -0.3 is 18.9 Å². The highest BCUT2D eigenvalue weighted by molar-refractivity contribution is 5.93. The van der Waals surface area contributed by atoms with Gasteiger partial charge in [-0.1, -0.05) is 18.0 Å². The fourth-order valence-electron chi connectivity index (χ4n) is 3.50. The molecule has 0 aliphatic rings. The number of carbonyl (C=O) groups is 2. The van der Waals surface area contributed by atoms with Crippen molar-refractivity contribution < 1.29 is 28.8 Å². The number of aromatic nitrogens is 2. The number of carbonyl (C=O) groups excluding carboxylic acids is 2. The standard InChI is InChI=1S/C25H30N4O6/c1-33-20-13-9-18(10-14-20)25-26-23(35-28-25)17-29(19-11-15-21(34-2)16-12-19)24(31)8-6-4-3-5-7-22(30)27-32/h9-16,32H,3-8,17H2,1-2H3,(H,27,30). The fraction of sp³-hybridized carbons (Fsp3) is 0.360. The lowest BCUT2D eigenvalue weighted by Crippen LogP contribution is -2.30. The number of rotatable bonds is 13. The third kappa shape index (κ3) is 7.54. The third-order valence-corrected chi connectivity index (χ3v) is 5.46. The van der Waals surface area contributed by atoms with Crippen molar-refractivity contribution in [2.45, 2.75) is 45.1 Å². The smallest absolute Gasteiger partial charge is 0.247 e. The Labute approximate surface area is 203 Å². The van der Waals surface area contributed by atoms with E-state index in [9.17, 15) is 9.59 Å². The van der Waals surface area contributed by atoms with Crippen molar-refractivity contribution in [2.75, 3.05) is 19.1 Å². The molecule has 3 rings (SSSR count). The molecule has 0 fully saturated rings. The first kappa shape index (κ1) is 25.7. The van der Waals surface area contributed by atoms with Gasteiger partial charge in [0.2, 0.25) is 23.5 Å². The van der Waals surface area contributed by atoms with Gasteiger partial charge in [-0.25, -0.2) is 5.48 Å². The SMILES string of the molecule is COc1ccc(-c2noc(CN(C(=O)CCCCCCC(=O)NO)c3ccc(OC)cc3)n2)cc1. The first-order valence-electron chi connectivity index (χ1n) is 11.4. The molecule has 0 aliphatic carbocycles. The highest BCUT2D eigenvalue weighted by Crippen LogP contribution is 2.24. The number of nitrogens with zero attached hydrogens (tertiary/aromatic N) is 3. The van der Waals surface area contributed by atoms with Crippen LogP contribution in [0.2, 0.25) is 0 Å². The molecular weight excluding hydrogens is 452 g/mol. The van der Waals surface area contributed by atoms with Gasteiger partial charge in [-0.3, -0.25) is 14.8 Å². The monoisotopic (exact) mass is 482 g/mol. The summed E-state index contributed by atoms with van der Waals surface area (Å²) >= 11 is 0. The van der Waals surface area contributed by atoms with Gasteiger partial charge in [0.1, 0.15) is 18.0 Å². The van der Waals surface area contributed by atoms with Crippen LogP contribution in [0.25, 0.3) is 11.4 Å². The van der Waals surface area contributed by atoms with E-state index in [0.29, 0.717) is 42.4 Å². The van der Waals surface area contributed by atoms with Crippen LogP contribution in [0.3, 0.4) is 0 Å². The van der Waals surface area contributed by atoms with E-state index in [0.717, 1.165) is 24.2 Å². The van der Waals surface area contributed by atoms with Crippen LogP contribution < -0.4 is 19.9 Å². The molecule has 186 valence electrons. The molecule has 0 radical (unpaired) electrons. The summed E-state index contributed by atoms with van der Waals surface area (Å²) in [6.45, 7) is 0.130. The molecule has 0 saturated carbocycles. The van der Waals surface area contributed by atoms with Crippen LogP contribution in [0.15, 0.2) is 53.1 Å². The van der Waals surface area contributed by atoms with E-state index in [2.05, 4.69) is 10.1 Å². The molecule has 35 heavy (non-hydrogen) atoms. The second-order valence-electron chi connectivity index (χ2n) is 7.87. The van der Waals surface area contributed by atoms with Crippen molar-refractivity contribution >= 4 is 17.5 Å². The fourth-order valence-corrected chi connectivity index (χ4v) is 3.50. The first-order valence-corrected chi connectivity index (χ1v) is 11.4. The molecule has 10 nitrogen and oxygen atoms in total. The first-order chi connectivity index (χ1) is 17.0. The number of benzene rings is 2. The molecule has 2 N–H and O–H groups in total. The average Bonchev–Trinajstić information content (AvgIpc) is 3.37. The maximum absolute atomic E-state index is 13.1. The summed E-state index contributed by atoms with van der Waals surface area (Å²) in [7, 11) is 3.18. The minimum atomic E-state index is -0.402. The summed E-state index contributed by atoms with van der Waals surface area (Å²) in [5.41, 5.74) is 3.09. The van der Waals surface area contributed by atoms with Crippen LogP contribution >= 0.6 is 0 Å². The minimum absolute atomic E-state index is 0.0764. The zero-order chi connectivity index (χ0) is 25.0. The summed E-state index contributed by atoms with van der Waals surface area (Å²) in [6, 6.07) is 14.5. The molecule has 0 saturated heterocycles. The highest BCUT2D eigenvalue weighted by atomic mass is 16.5. The summed E-state index contributed by atoms with van der Waals surface area (Å²) in [5, 5.41) is 12.6. The quantitative estimate of drug-likeness (QED) is 0.211. The van der Waals surface area contributed by atoms with Gasteiger partial charge in [-0.05, 0) is 61.4 Å². The van der Waals surface area contributed by atoms with E-state index in [1.807, 2.05) is 36.4 Å². The van der Waals surface area contributed by atoms with Gasteiger partial charge in [0.15, 0.2) is 0 Å². The van der Waals surface area contributed by atoms with Crippen molar-refractivity contribution in [3.8, 4) is 22.9 Å². The number of anilines is 1. The minimum Gasteiger partial charge on any atom is -0.497 e. The Morgan fingerprint density at radius 1 is 0.914 bits per heavy atom. The Hall–Kier alpha value is -3.92. The third-order valence-electron chi connectivity index (χ3n) is 5.46. The van der Waals surface area contributed by atoms with Crippen molar-refractivity contribution in [2.24, 2.45) is 0 Å². The van der Waals surface area contributed by atoms with Crippen LogP contribution in [0.4, 0.5) is 5.69 Å². The number of amides is 2. The van der Waals surface area contributed by atoms with E-state index in [1.165, 1.54) is 0 Å². The number of methoxy groups -OCH3 is 2. The van der Waals surface area contributed by atoms with Gasteiger partial charge in [0, 0.05) is 24.1 Å². The van der Waals surface area contributed by atoms with Crippen molar-refractivity contribution in [1.82, 2.24) is 15.6 Å². The van der Waals surface area contributed by atoms with Crippen LogP contribution in [-0.2, 0) is 16.1 Å². The number of unbranched alkanes of at least 4 members (excludes halogenated alkanes) is 3. The van der Waals surface area contributed by atoms with Crippen molar-refractivity contribution in [3.63, 3.8) is 0 Å². The molecule has 10 heteroatoms. The normalized spacial score (nSPS) is 10.6. The number of hydrogen-bond donors (Lipinski definition) is 2. The summed E-state index contributed by atoms with van der Waals surface area (Å²) in [4.78, 5) is 30.3. The predicted octanol–water partition coefficient (Wildman–Crippen LogP) is 4.13. The summed E-state index contributed by atoms with van der Waals surface area (Å²) < 4.78 is 15.8. The summed E-state index contributed by atoms with van der Waals surface area (Å²) in [5.74, 6) is 1.68. The molecular formula is C25H30N4O6. The van der Waals surface area contributed by atoms with E-state index in [1.54, 1.807) is 36.7 Å². The maximum Gasteiger partial charge on any atom is 0.247 e. The molecule has 0 aliphatic heterocycles. The van der Waals surface area contributed by atoms with E-state index >= 15 is 0 Å². The lowest BCUT2D eigenvalue weighted by molar-refractivity contribution is -0.129. The highest BCUT2D eigenvalue weighted by Gasteiger charge is 2.20. The Bertz CT molecular complexity index is 1080. The second-order valence-corrected chi connectivity index (χ2v) is 7.87. The molecule has 3 aromatic rings. The number of ether oxygens (including phenoxy) is 2. The van der Waals surface area contributed by atoms with Gasteiger partial charge in [0.25, 0.3) is 0 Å². The Morgan fingerprint density at radius 2 is 1.51 bits per heavy atom. The van der Waals surface area contributed by atoms with Gasteiger partial charge in [0.05, 0.1) is 14.2 Å². The topological polar surface area (TPSA) is 127 Å². The molecule has 0 unspecified atom stereocenters. The van der Waals surface area contributed by atoms with Gasteiger partial charge >= 0.3 is 0 Å². The molecule has 1 heterocycles. The summed E-state index contributed by atoms with van der Waals surface area (Å²) in [6.07, 6.45) is 3.50. The van der Waals surface area contributed by atoms with Crippen molar-refractivity contribution in [1.29, 1.82) is 0 Å². The van der Waals surface area contributed by atoms with E-state index in [4.69, 9.17) is 19.2 Å². The van der Waals surface area contributed by atoms with Crippen LogP contribution in [0.5, 0.6) is 11.5 Å². The van der Waals surface area contributed by atoms with Crippen LogP contribution in [0, 0.1) is 0 Å². The number of hydrogen-bond acceptors (Lipinski definition) is 8. The number of hydroxylamine groups is 1. The maximum atomic E-state index is 13.1. The average molecular weight is 483 g/mol. The zero-order valence-corrected chi connectivity index (χ0v) is 19.9. The molecule has 2 aromatic carbocycles. The van der Waals surface area contributed by atoms with E-state index in [-0.39, 0.29) is 18.9 Å². The van der Waals surface area contributed by atoms with Gasteiger partial charge in [-0.15, -0.1) is 0 Å².